The lowest BCUT2D eigenvalue weighted by atomic mass is 10.0. The summed E-state index contributed by atoms with van der Waals surface area (Å²) in [4.78, 5) is 15.0. The number of carbonyl (C=O) groups excluding carboxylic acids is 1. The minimum atomic E-state index is -0.508. The zero-order valence-corrected chi connectivity index (χ0v) is 12.0. The van der Waals surface area contributed by atoms with Gasteiger partial charge in [-0.1, -0.05) is 18.2 Å². The molecule has 1 atom stereocenters. The Hall–Kier alpha value is -1.52. The van der Waals surface area contributed by atoms with E-state index in [1.807, 2.05) is 44.3 Å². The maximum atomic E-state index is 11.8. The summed E-state index contributed by atoms with van der Waals surface area (Å²) in [5.74, 6) is -0.102. The molecular weight excluding hydrogens is 262 g/mol. The van der Waals surface area contributed by atoms with Crippen LogP contribution in [0.3, 0.4) is 0 Å². The first-order valence-electron chi connectivity index (χ1n) is 6.19. The molecule has 4 nitrogen and oxygen atoms in total. The normalized spacial score (nSPS) is 12.2. The minimum Gasteiger partial charge on any atom is -0.361 e. The van der Waals surface area contributed by atoms with E-state index in [-0.39, 0.29) is 24.4 Å². The third kappa shape index (κ3) is 3.72. The summed E-state index contributed by atoms with van der Waals surface area (Å²) in [5.41, 5.74) is 8.08. The predicted octanol–water partition coefficient (Wildman–Crippen LogP) is 1.98. The smallest absolute Gasteiger partial charge is 0.237 e. The SMILES string of the molecule is CC(C)NC(=O)C(N)Cc1c[nH]c2ccccc12.Cl. The zero-order valence-electron chi connectivity index (χ0n) is 11.1. The molecule has 0 aliphatic carbocycles. The van der Waals surface area contributed by atoms with Crippen molar-refractivity contribution in [2.75, 3.05) is 0 Å². The van der Waals surface area contributed by atoms with Gasteiger partial charge in [-0.2, -0.15) is 0 Å². The van der Waals surface area contributed by atoms with Gasteiger partial charge in [-0.15, -0.1) is 12.4 Å². The van der Waals surface area contributed by atoms with Gasteiger partial charge in [0.25, 0.3) is 0 Å². The molecule has 0 bridgehead atoms. The molecule has 5 heteroatoms. The van der Waals surface area contributed by atoms with Gasteiger partial charge in [0.1, 0.15) is 0 Å². The van der Waals surface area contributed by atoms with Crippen molar-refractivity contribution in [3.05, 3.63) is 36.0 Å². The van der Waals surface area contributed by atoms with Crippen LogP contribution in [0.5, 0.6) is 0 Å². The van der Waals surface area contributed by atoms with E-state index in [1.165, 1.54) is 0 Å². The Morgan fingerprint density at radius 3 is 2.74 bits per heavy atom. The van der Waals surface area contributed by atoms with Crippen LogP contribution in [0.25, 0.3) is 10.9 Å². The Labute approximate surface area is 119 Å². The van der Waals surface area contributed by atoms with E-state index >= 15 is 0 Å². The highest BCUT2D eigenvalue weighted by atomic mass is 35.5. The standard InChI is InChI=1S/C14H19N3O.ClH/c1-9(2)17-14(18)12(15)7-10-8-16-13-6-4-3-5-11(10)13;/h3-6,8-9,12,16H,7,15H2,1-2H3,(H,17,18);1H. The molecule has 0 saturated carbocycles. The number of H-pyrrole nitrogens is 1. The minimum absolute atomic E-state index is 0. The fourth-order valence-electron chi connectivity index (χ4n) is 2.02. The number of hydrogen-bond acceptors (Lipinski definition) is 2. The van der Waals surface area contributed by atoms with Gasteiger partial charge in [-0.3, -0.25) is 4.79 Å². The molecule has 0 saturated heterocycles. The van der Waals surface area contributed by atoms with Crippen molar-refractivity contribution in [3.8, 4) is 0 Å². The highest BCUT2D eigenvalue weighted by Gasteiger charge is 2.16. The van der Waals surface area contributed by atoms with E-state index < -0.39 is 6.04 Å². The monoisotopic (exact) mass is 281 g/mol. The topological polar surface area (TPSA) is 70.9 Å². The molecule has 0 aliphatic rings. The number of carbonyl (C=O) groups is 1. The quantitative estimate of drug-likeness (QED) is 0.802. The number of rotatable bonds is 4. The van der Waals surface area contributed by atoms with Crippen molar-refractivity contribution in [1.82, 2.24) is 10.3 Å². The summed E-state index contributed by atoms with van der Waals surface area (Å²) in [6.45, 7) is 3.85. The van der Waals surface area contributed by atoms with Gasteiger partial charge < -0.3 is 16.0 Å². The molecule has 0 spiro atoms. The van der Waals surface area contributed by atoms with Crippen LogP contribution in [-0.2, 0) is 11.2 Å². The molecule has 104 valence electrons. The lowest BCUT2D eigenvalue weighted by Gasteiger charge is -2.14. The number of halogens is 1. The zero-order chi connectivity index (χ0) is 13.1. The van der Waals surface area contributed by atoms with Crippen molar-refractivity contribution in [1.29, 1.82) is 0 Å². The molecule has 0 fully saturated rings. The summed E-state index contributed by atoms with van der Waals surface area (Å²) in [6, 6.07) is 7.62. The predicted molar refractivity (Wildman–Crippen MR) is 80.5 cm³/mol. The van der Waals surface area contributed by atoms with E-state index in [2.05, 4.69) is 10.3 Å². The van der Waals surface area contributed by atoms with Gasteiger partial charge in [0, 0.05) is 23.1 Å². The van der Waals surface area contributed by atoms with Gasteiger partial charge in [0.05, 0.1) is 6.04 Å². The van der Waals surface area contributed by atoms with Crippen LogP contribution in [0.4, 0.5) is 0 Å². The van der Waals surface area contributed by atoms with Crippen molar-refractivity contribution in [2.24, 2.45) is 5.73 Å². The second-order valence-electron chi connectivity index (χ2n) is 4.83. The Bertz CT molecular complexity index is 550. The number of amides is 1. The van der Waals surface area contributed by atoms with Crippen LogP contribution < -0.4 is 11.1 Å². The summed E-state index contributed by atoms with van der Waals surface area (Å²) >= 11 is 0. The largest absolute Gasteiger partial charge is 0.361 e. The van der Waals surface area contributed by atoms with Crippen LogP contribution >= 0.6 is 12.4 Å². The van der Waals surface area contributed by atoms with Crippen LogP contribution in [0.1, 0.15) is 19.4 Å². The summed E-state index contributed by atoms with van der Waals surface area (Å²) in [6.07, 6.45) is 2.47. The molecule has 19 heavy (non-hydrogen) atoms. The molecule has 1 aromatic carbocycles. The van der Waals surface area contributed by atoms with Crippen LogP contribution in [0, 0.1) is 0 Å². The number of benzene rings is 1. The maximum absolute atomic E-state index is 11.8. The van der Waals surface area contributed by atoms with Crippen LogP contribution in [0.2, 0.25) is 0 Å². The molecule has 4 N–H and O–H groups in total. The van der Waals surface area contributed by atoms with Gasteiger partial charge in [-0.05, 0) is 31.9 Å². The van der Waals surface area contributed by atoms with Crippen molar-refractivity contribution >= 4 is 29.2 Å². The average Bonchev–Trinajstić information content (AvgIpc) is 2.72. The summed E-state index contributed by atoms with van der Waals surface area (Å²) in [7, 11) is 0. The number of para-hydroxylation sites is 1. The van der Waals surface area contributed by atoms with E-state index in [1.54, 1.807) is 0 Å². The molecular formula is C14H20ClN3O. The molecule has 1 aromatic heterocycles. The molecule has 1 heterocycles. The van der Waals surface area contributed by atoms with Crippen molar-refractivity contribution in [2.45, 2.75) is 32.4 Å². The van der Waals surface area contributed by atoms with Crippen LogP contribution in [-0.4, -0.2) is 23.0 Å². The van der Waals surface area contributed by atoms with Gasteiger partial charge in [-0.25, -0.2) is 0 Å². The Morgan fingerprint density at radius 1 is 1.37 bits per heavy atom. The average molecular weight is 282 g/mol. The van der Waals surface area contributed by atoms with Crippen molar-refractivity contribution in [3.63, 3.8) is 0 Å². The number of aromatic amines is 1. The third-order valence-electron chi connectivity index (χ3n) is 2.88. The van der Waals surface area contributed by atoms with E-state index in [0.29, 0.717) is 6.42 Å². The second-order valence-corrected chi connectivity index (χ2v) is 4.83. The molecule has 0 aliphatic heterocycles. The van der Waals surface area contributed by atoms with E-state index in [0.717, 1.165) is 16.5 Å². The molecule has 1 unspecified atom stereocenters. The number of fused-ring (bicyclic) bond motifs is 1. The van der Waals surface area contributed by atoms with Gasteiger partial charge in [0.15, 0.2) is 0 Å². The second kappa shape index (κ2) is 6.59. The highest BCUT2D eigenvalue weighted by molar-refractivity contribution is 5.86. The number of hydrogen-bond donors (Lipinski definition) is 3. The summed E-state index contributed by atoms with van der Waals surface area (Å²) in [5, 5.41) is 3.96. The van der Waals surface area contributed by atoms with E-state index in [9.17, 15) is 4.79 Å². The molecule has 2 rings (SSSR count). The number of nitrogens with two attached hydrogens (primary N) is 1. The first-order chi connectivity index (χ1) is 8.58. The maximum Gasteiger partial charge on any atom is 0.237 e. The van der Waals surface area contributed by atoms with E-state index in [4.69, 9.17) is 5.73 Å². The number of aromatic nitrogens is 1. The first kappa shape index (κ1) is 15.5. The van der Waals surface area contributed by atoms with Gasteiger partial charge >= 0.3 is 0 Å². The Balaban J connectivity index is 0.00000180. The van der Waals surface area contributed by atoms with Crippen LogP contribution in [0.15, 0.2) is 30.5 Å². The molecule has 0 radical (unpaired) electrons. The highest BCUT2D eigenvalue weighted by Crippen LogP contribution is 2.18. The fraction of sp³-hybridized carbons (Fsp3) is 0.357. The Kier molecular flexibility index (Phi) is 5.39. The van der Waals surface area contributed by atoms with Crippen molar-refractivity contribution < 1.29 is 4.79 Å². The first-order valence-corrected chi connectivity index (χ1v) is 6.19. The Morgan fingerprint density at radius 2 is 2.05 bits per heavy atom. The third-order valence-corrected chi connectivity index (χ3v) is 2.88. The fourth-order valence-corrected chi connectivity index (χ4v) is 2.02. The summed E-state index contributed by atoms with van der Waals surface area (Å²) < 4.78 is 0. The molecule has 2 aromatic rings. The lowest BCUT2D eigenvalue weighted by Crippen LogP contribution is -2.44. The molecule has 1 amide bonds. The lowest BCUT2D eigenvalue weighted by molar-refractivity contribution is -0.122. The number of nitrogens with one attached hydrogen (secondary N) is 2. The van der Waals surface area contributed by atoms with Gasteiger partial charge in [0.2, 0.25) is 5.91 Å².